The van der Waals surface area contributed by atoms with Crippen molar-refractivity contribution < 1.29 is 4.43 Å². The third-order valence-corrected chi connectivity index (χ3v) is 5.37. The molecule has 0 heterocycles. The van der Waals surface area contributed by atoms with E-state index in [0.29, 0.717) is 6.10 Å². The van der Waals surface area contributed by atoms with Gasteiger partial charge >= 0.3 is 0 Å². The molecule has 0 aromatic rings. The van der Waals surface area contributed by atoms with Crippen LogP contribution in [0.25, 0.3) is 0 Å². The molecule has 0 aromatic heterocycles. The van der Waals surface area contributed by atoms with Crippen LogP contribution in [0.4, 0.5) is 0 Å². The molecule has 14 heavy (non-hydrogen) atoms. The molecule has 0 bridgehead atoms. The summed E-state index contributed by atoms with van der Waals surface area (Å²) in [5.41, 5.74) is 2.34. The monoisotopic (exact) mass is 230 g/mol. The van der Waals surface area contributed by atoms with Crippen LogP contribution in [0.2, 0.25) is 38.8 Å². The predicted octanol–water partition coefficient (Wildman–Crippen LogP) is 4.05. The fourth-order valence-electron chi connectivity index (χ4n) is 1.34. The topological polar surface area (TPSA) is 9.23 Å². The van der Waals surface area contributed by atoms with Gasteiger partial charge in [0, 0.05) is 14.2 Å². The standard InChI is InChI=1S/C11H26OSi2/c1-11(2)12-14(6,7)10-8-9-13(3,4)5/h8,10-11H,9H2,1-7H3/b10-8+. The van der Waals surface area contributed by atoms with Gasteiger partial charge in [0.05, 0.1) is 0 Å². The van der Waals surface area contributed by atoms with Gasteiger partial charge in [0.1, 0.15) is 0 Å². The molecule has 0 atom stereocenters. The summed E-state index contributed by atoms with van der Waals surface area (Å²) in [6.07, 6.45) is 2.70. The summed E-state index contributed by atoms with van der Waals surface area (Å²) in [5, 5.41) is 0. The maximum Gasteiger partial charge on any atom is 0.211 e. The maximum atomic E-state index is 5.92. The molecule has 0 aliphatic heterocycles. The Bertz CT molecular complexity index is 190. The van der Waals surface area contributed by atoms with Gasteiger partial charge in [-0.3, -0.25) is 0 Å². The highest BCUT2D eigenvalue weighted by atomic mass is 28.4. The van der Waals surface area contributed by atoms with E-state index in [1.807, 2.05) is 0 Å². The van der Waals surface area contributed by atoms with Crippen molar-refractivity contribution in [2.45, 2.75) is 58.7 Å². The van der Waals surface area contributed by atoms with Gasteiger partial charge in [-0.05, 0) is 33.0 Å². The first-order valence-electron chi connectivity index (χ1n) is 5.48. The highest BCUT2D eigenvalue weighted by Crippen LogP contribution is 2.13. The summed E-state index contributed by atoms with van der Waals surface area (Å²) in [6, 6.07) is 1.27. The van der Waals surface area contributed by atoms with Crippen LogP contribution >= 0.6 is 0 Å². The Morgan fingerprint density at radius 1 is 1.07 bits per heavy atom. The second kappa shape index (κ2) is 5.28. The lowest BCUT2D eigenvalue weighted by Crippen LogP contribution is -2.31. The number of hydrogen-bond acceptors (Lipinski definition) is 1. The van der Waals surface area contributed by atoms with Gasteiger partial charge in [0.15, 0.2) is 0 Å². The average molecular weight is 230 g/mol. The molecular formula is C11H26OSi2. The first-order valence-corrected chi connectivity index (χ1v) is 12.2. The Balaban J connectivity index is 4.08. The van der Waals surface area contributed by atoms with Gasteiger partial charge in [-0.2, -0.15) is 0 Å². The Kier molecular flexibility index (Phi) is 5.33. The van der Waals surface area contributed by atoms with Crippen LogP contribution in [0, 0.1) is 0 Å². The lowest BCUT2D eigenvalue weighted by molar-refractivity contribution is 0.238. The number of rotatable bonds is 5. The average Bonchev–Trinajstić information content (AvgIpc) is 1.78. The summed E-state index contributed by atoms with van der Waals surface area (Å²) in [5.74, 6) is 0. The summed E-state index contributed by atoms with van der Waals surface area (Å²) < 4.78 is 5.92. The van der Waals surface area contributed by atoms with Crippen LogP contribution in [0.3, 0.4) is 0 Å². The molecule has 0 spiro atoms. The molecule has 84 valence electrons. The van der Waals surface area contributed by atoms with E-state index < -0.39 is 16.4 Å². The van der Waals surface area contributed by atoms with E-state index in [1.165, 1.54) is 6.04 Å². The van der Waals surface area contributed by atoms with Gasteiger partial charge in [0.2, 0.25) is 8.32 Å². The minimum Gasteiger partial charge on any atom is -0.411 e. The Hall–Kier alpha value is 0.134. The van der Waals surface area contributed by atoms with Crippen LogP contribution in [0.5, 0.6) is 0 Å². The second-order valence-corrected chi connectivity index (χ2v) is 15.2. The zero-order valence-corrected chi connectivity index (χ0v) is 12.8. The van der Waals surface area contributed by atoms with Crippen molar-refractivity contribution in [3.05, 3.63) is 11.8 Å². The van der Waals surface area contributed by atoms with Crippen LogP contribution < -0.4 is 0 Å². The minimum absolute atomic E-state index is 0.355. The third-order valence-electron chi connectivity index (χ3n) is 1.79. The lowest BCUT2D eigenvalue weighted by atomic mass is 10.5. The second-order valence-electron chi connectivity index (χ2n) is 5.94. The fourth-order valence-corrected chi connectivity index (χ4v) is 4.38. The molecule has 0 aromatic carbocycles. The predicted molar refractivity (Wildman–Crippen MR) is 71.0 cm³/mol. The summed E-state index contributed by atoms with van der Waals surface area (Å²) in [6.45, 7) is 15.9. The highest BCUT2D eigenvalue weighted by Gasteiger charge is 2.20. The molecule has 0 aliphatic rings. The van der Waals surface area contributed by atoms with E-state index >= 15 is 0 Å². The largest absolute Gasteiger partial charge is 0.411 e. The first kappa shape index (κ1) is 14.1. The van der Waals surface area contributed by atoms with E-state index in [1.54, 1.807) is 0 Å². The fraction of sp³-hybridized carbons (Fsp3) is 0.818. The molecule has 0 fully saturated rings. The molecule has 0 N–H and O–H groups in total. The van der Waals surface area contributed by atoms with Crippen LogP contribution in [0.1, 0.15) is 13.8 Å². The molecule has 0 amide bonds. The third kappa shape index (κ3) is 8.72. The van der Waals surface area contributed by atoms with Crippen LogP contribution in [0.15, 0.2) is 11.8 Å². The van der Waals surface area contributed by atoms with E-state index in [9.17, 15) is 0 Å². The summed E-state index contributed by atoms with van der Waals surface area (Å²) >= 11 is 0. The maximum absolute atomic E-state index is 5.92. The Labute approximate surface area is 91.7 Å². The van der Waals surface area contributed by atoms with Crippen molar-refractivity contribution in [1.82, 2.24) is 0 Å². The van der Waals surface area contributed by atoms with Gasteiger partial charge in [-0.15, -0.1) is 0 Å². The molecule has 0 unspecified atom stereocenters. The van der Waals surface area contributed by atoms with Crippen molar-refractivity contribution in [2.24, 2.45) is 0 Å². The first-order chi connectivity index (χ1) is 6.12. The molecule has 1 nitrogen and oxygen atoms in total. The van der Waals surface area contributed by atoms with Gasteiger partial charge in [-0.1, -0.05) is 31.4 Å². The summed E-state index contributed by atoms with van der Waals surface area (Å²) in [7, 11) is -2.44. The minimum atomic E-state index is -1.52. The lowest BCUT2D eigenvalue weighted by Gasteiger charge is -2.22. The molecule has 0 radical (unpaired) electrons. The van der Waals surface area contributed by atoms with E-state index in [-0.39, 0.29) is 0 Å². The quantitative estimate of drug-likeness (QED) is 0.648. The van der Waals surface area contributed by atoms with E-state index in [4.69, 9.17) is 4.43 Å². The smallest absolute Gasteiger partial charge is 0.211 e. The van der Waals surface area contributed by atoms with Crippen molar-refractivity contribution in [3.8, 4) is 0 Å². The van der Waals surface area contributed by atoms with Crippen LogP contribution in [-0.2, 0) is 4.43 Å². The van der Waals surface area contributed by atoms with Crippen molar-refractivity contribution in [3.63, 3.8) is 0 Å². The zero-order chi connectivity index (χ0) is 11.4. The SMILES string of the molecule is CC(C)O[Si](C)(C)/C=C/C[Si](C)(C)C. The summed E-state index contributed by atoms with van der Waals surface area (Å²) in [4.78, 5) is 0. The van der Waals surface area contributed by atoms with Gasteiger partial charge < -0.3 is 4.43 Å². The van der Waals surface area contributed by atoms with Gasteiger partial charge in [0.25, 0.3) is 0 Å². The molecule has 3 heteroatoms. The van der Waals surface area contributed by atoms with Crippen LogP contribution in [-0.4, -0.2) is 22.5 Å². The molecule has 0 rings (SSSR count). The molecule has 0 aliphatic carbocycles. The zero-order valence-electron chi connectivity index (χ0n) is 10.8. The van der Waals surface area contributed by atoms with E-state index in [0.717, 1.165) is 0 Å². The highest BCUT2D eigenvalue weighted by molar-refractivity contribution is 6.78. The molecule has 0 saturated heterocycles. The van der Waals surface area contributed by atoms with Gasteiger partial charge in [-0.25, -0.2) is 0 Å². The molecule has 0 saturated carbocycles. The Morgan fingerprint density at radius 3 is 1.93 bits per heavy atom. The normalized spacial score (nSPS) is 14.3. The van der Waals surface area contributed by atoms with E-state index in [2.05, 4.69) is 58.4 Å². The molecular weight excluding hydrogens is 204 g/mol. The number of hydrogen-bond donors (Lipinski definition) is 0. The van der Waals surface area contributed by atoms with Crippen molar-refractivity contribution in [1.29, 1.82) is 0 Å². The number of allylic oxidation sites excluding steroid dienone is 1. The Morgan fingerprint density at radius 2 is 1.57 bits per heavy atom. The van der Waals surface area contributed by atoms with Crippen molar-refractivity contribution in [2.75, 3.05) is 0 Å². The van der Waals surface area contributed by atoms with Crippen molar-refractivity contribution >= 4 is 16.4 Å².